The molecule has 19 heavy (non-hydrogen) atoms. The first-order chi connectivity index (χ1) is 9.33. The molecule has 2 N–H and O–H groups in total. The molecular formula is C15H20N2OS. The molecule has 0 spiro atoms. The molecule has 0 saturated carbocycles. The van der Waals surface area contributed by atoms with Gasteiger partial charge in [0.15, 0.2) is 0 Å². The minimum Gasteiger partial charge on any atom is -0.351 e. The number of thioether (sulfide) groups is 1. The molecule has 1 aliphatic rings. The zero-order valence-electron chi connectivity index (χ0n) is 11.1. The molecule has 0 saturated heterocycles. The highest BCUT2D eigenvalue weighted by atomic mass is 32.2. The molecule has 0 atom stereocenters. The Morgan fingerprint density at radius 3 is 3.26 bits per heavy atom. The van der Waals surface area contributed by atoms with E-state index in [9.17, 15) is 4.79 Å². The van der Waals surface area contributed by atoms with Crippen LogP contribution in [0.3, 0.4) is 0 Å². The van der Waals surface area contributed by atoms with Gasteiger partial charge in [0, 0.05) is 30.2 Å². The molecule has 0 fully saturated rings. The summed E-state index contributed by atoms with van der Waals surface area (Å²) in [6.45, 7) is 6.20. The molecule has 1 amide bonds. The highest BCUT2D eigenvalue weighted by Crippen LogP contribution is 2.18. The SMILES string of the molecule is C=CCSCCNC(=O)c1cccc2c1CCNC2. The van der Waals surface area contributed by atoms with Crippen LogP contribution < -0.4 is 10.6 Å². The van der Waals surface area contributed by atoms with Gasteiger partial charge in [-0.1, -0.05) is 18.2 Å². The Kier molecular flexibility index (Phi) is 5.48. The standard InChI is InChI=1S/C15H20N2OS/c1-2-9-19-10-8-17-15(18)14-5-3-4-12-11-16-7-6-13(12)14/h2-5,16H,1,6-11H2,(H,17,18). The van der Waals surface area contributed by atoms with Gasteiger partial charge in [-0.2, -0.15) is 11.8 Å². The van der Waals surface area contributed by atoms with Gasteiger partial charge >= 0.3 is 0 Å². The first-order valence-corrected chi connectivity index (χ1v) is 7.76. The summed E-state index contributed by atoms with van der Waals surface area (Å²) in [4.78, 5) is 12.2. The van der Waals surface area contributed by atoms with Gasteiger partial charge in [-0.05, 0) is 30.2 Å². The monoisotopic (exact) mass is 276 g/mol. The van der Waals surface area contributed by atoms with Crippen molar-refractivity contribution in [3.63, 3.8) is 0 Å². The Labute approximate surface area is 118 Å². The van der Waals surface area contributed by atoms with Crippen molar-refractivity contribution in [3.05, 3.63) is 47.5 Å². The van der Waals surface area contributed by atoms with Crippen molar-refractivity contribution in [3.8, 4) is 0 Å². The summed E-state index contributed by atoms with van der Waals surface area (Å²) < 4.78 is 0. The van der Waals surface area contributed by atoms with Crippen LogP contribution in [0.1, 0.15) is 21.5 Å². The van der Waals surface area contributed by atoms with Crippen LogP contribution in [0.15, 0.2) is 30.9 Å². The lowest BCUT2D eigenvalue weighted by molar-refractivity contribution is 0.0955. The van der Waals surface area contributed by atoms with Gasteiger partial charge in [-0.3, -0.25) is 4.79 Å². The second-order valence-electron chi connectivity index (χ2n) is 4.49. The Balaban J connectivity index is 1.93. The van der Waals surface area contributed by atoms with Crippen molar-refractivity contribution < 1.29 is 4.79 Å². The van der Waals surface area contributed by atoms with Crippen LogP contribution in [0.4, 0.5) is 0 Å². The molecule has 0 aliphatic carbocycles. The Hall–Kier alpha value is -1.26. The van der Waals surface area contributed by atoms with E-state index in [0.717, 1.165) is 36.6 Å². The van der Waals surface area contributed by atoms with Crippen LogP contribution in [-0.2, 0) is 13.0 Å². The van der Waals surface area contributed by atoms with Gasteiger partial charge in [0.1, 0.15) is 0 Å². The number of amides is 1. The highest BCUT2D eigenvalue weighted by Gasteiger charge is 2.16. The van der Waals surface area contributed by atoms with Crippen LogP contribution in [0, 0.1) is 0 Å². The number of rotatable bonds is 6. The number of nitrogens with one attached hydrogen (secondary N) is 2. The van der Waals surface area contributed by atoms with Gasteiger partial charge < -0.3 is 10.6 Å². The van der Waals surface area contributed by atoms with E-state index >= 15 is 0 Å². The maximum Gasteiger partial charge on any atom is 0.251 e. The van der Waals surface area contributed by atoms with Crippen molar-refractivity contribution in [2.75, 3.05) is 24.6 Å². The van der Waals surface area contributed by atoms with Crippen molar-refractivity contribution in [1.29, 1.82) is 0 Å². The number of benzene rings is 1. The fraction of sp³-hybridized carbons (Fsp3) is 0.400. The second-order valence-corrected chi connectivity index (χ2v) is 5.64. The van der Waals surface area contributed by atoms with E-state index in [0.29, 0.717) is 6.54 Å². The van der Waals surface area contributed by atoms with Gasteiger partial charge in [0.25, 0.3) is 5.91 Å². The zero-order chi connectivity index (χ0) is 13.5. The first kappa shape index (κ1) is 14.2. The van der Waals surface area contributed by atoms with Gasteiger partial charge in [-0.15, -0.1) is 6.58 Å². The number of hydrogen-bond acceptors (Lipinski definition) is 3. The van der Waals surface area contributed by atoms with E-state index in [1.165, 1.54) is 11.1 Å². The van der Waals surface area contributed by atoms with Crippen molar-refractivity contribution >= 4 is 17.7 Å². The lowest BCUT2D eigenvalue weighted by Crippen LogP contribution is -2.30. The van der Waals surface area contributed by atoms with E-state index in [1.807, 2.05) is 18.2 Å². The predicted octanol–water partition coefficient (Wildman–Crippen LogP) is 1.98. The van der Waals surface area contributed by atoms with E-state index in [2.05, 4.69) is 23.3 Å². The van der Waals surface area contributed by atoms with Gasteiger partial charge in [-0.25, -0.2) is 0 Å². The molecule has 0 bridgehead atoms. The van der Waals surface area contributed by atoms with Crippen LogP contribution in [0.25, 0.3) is 0 Å². The molecule has 1 aromatic rings. The smallest absolute Gasteiger partial charge is 0.251 e. The molecule has 2 rings (SSSR count). The second kappa shape index (κ2) is 7.36. The lowest BCUT2D eigenvalue weighted by atomic mass is 9.95. The molecule has 3 nitrogen and oxygen atoms in total. The molecule has 0 unspecified atom stereocenters. The van der Waals surface area contributed by atoms with Crippen molar-refractivity contribution in [2.45, 2.75) is 13.0 Å². The third-order valence-electron chi connectivity index (χ3n) is 3.15. The van der Waals surface area contributed by atoms with Crippen LogP contribution >= 0.6 is 11.8 Å². The average Bonchev–Trinajstić information content (AvgIpc) is 2.46. The predicted molar refractivity (Wildman–Crippen MR) is 81.7 cm³/mol. The van der Waals surface area contributed by atoms with Crippen molar-refractivity contribution in [2.24, 2.45) is 0 Å². The summed E-state index contributed by atoms with van der Waals surface area (Å²) in [5, 5.41) is 6.32. The van der Waals surface area contributed by atoms with Crippen LogP contribution in [-0.4, -0.2) is 30.5 Å². The molecule has 0 aromatic heterocycles. The molecule has 0 radical (unpaired) electrons. The number of carbonyl (C=O) groups is 1. The molecule has 1 aromatic carbocycles. The maximum atomic E-state index is 12.2. The summed E-state index contributed by atoms with van der Waals surface area (Å²) in [5.74, 6) is 1.91. The lowest BCUT2D eigenvalue weighted by Gasteiger charge is -2.19. The molecule has 1 aliphatic heterocycles. The number of hydrogen-bond donors (Lipinski definition) is 2. The topological polar surface area (TPSA) is 41.1 Å². The summed E-state index contributed by atoms with van der Waals surface area (Å²) in [7, 11) is 0. The Bertz CT molecular complexity index is 459. The minimum atomic E-state index is 0.0537. The first-order valence-electron chi connectivity index (χ1n) is 6.61. The maximum absolute atomic E-state index is 12.2. The molecular weight excluding hydrogens is 256 g/mol. The fourth-order valence-corrected chi connectivity index (χ4v) is 2.82. The van der Waals surface area contributed by atoms with E-state index in [4.69, 9.17) is 0 Å². The van der Waals surface area contributed by atoms with Crippen LogP contribution in [0.2, 0.25) is 0 Å². The highest BCUT2D eigenvalue weighted by molar-refractivity contribution is 7.99. The molecule has 4 heteroatoms. The number of carbonyl (C=O) groups excluding carboxylic acids is 1. The summed E-state index contributed by atoms with van der Waals surface area (Å²) in [6.07, 6.45) is 2.82. The van der Waals surface area contributed by atoms with Crippen LogP contribution in [0.5, 0.6) is 0 Å². The minimum absolute atomic E-state index is 0.0537. The van der Waals surface area contributed by atoms with E-state index < -0.39 is 0 Å². The zero-order valence-corrected chi connectivity index (χ0v) is 11.9. The average molecular weight is 276 g/mol. The Morgan fingerprint density at radius 1 is 1.53 bits per heavy atom. The normalized spacial score (nSPS) is 13.7. The van der Waals surface area contributed by atoms with Crippen molar-refractivity contribution in [1.82, 2.24) is 10.6 Å². The molecule has 102 valence electrons. The van der Waals surface area contributed by atoms with Gasteiger partial charge in [0.05, 0.1) is 0 Å². The third kappa shape index (κ3) is 3.85. The summed E-state index contributed by atoms with van der Waals surface area (Å²) in [5.41, 5.74) is 3.30. The Morgan fingerprint density at radius 2 is 2.42 bits per heavy atom. The quantitative estimate of drug-likeness (QED) is 0.616. The van der Waals surface area contributed by atoms with E-state index in [1.54, 1.807) is 11.8 Å². The third-order valence-corrected chi connectivity index (χ3v) is 4.12. The van der Waals surface area contributed by atoms with Gasteiger partial charge in [0.2, 0.25) is 0 Å². The fourth-order valence-electron chi connectivity index (χ4n) is 2.24. The summed E-state index contributed by atoms with van der Waals surface area (Å²) in [6, 6.07) is 5.99. The largest absolute Gasteiger partial charge is 0.351 e. The number of fused-ring (bicyclic) bond motifs is 1. The molecule has 1 heterocycles. The van der Waals surface area contributed by atoms with E-state index in [-0.39, 0.29) is 5.91 Å². The summed E-state index contributed by atoms with van der Waals surface area (Å²) >= 11 is 1.78.